The molecule has 0 unspecified atom stereocenters. The molecule has 3 aromatic rings. The largest absolute Gasteiger partial charge is 0.476 e. The summed E-state index contributed by atoms with van der Waals surface area (Å²) in [6, 6.07) is 11.9. The fourth-order valence-corrected chi connectivity index (χ4v) is 5.23. The molecule has 0 radical (unpaired) electrons. The third-order valence-electron chi connectivity index (χ3n) is 4.68. The lowest BCUT2D eigenvalue weighted by Crippen LogP contribution is -2.48. The predicted molar refractivity (Wildman–Crippen MR) is 113 cm³/mol. The number of fused-ring (bicyclic) bond motifs is 2. The maximum atomic E-state index is 12.8. The second-order valence-electron chi connectivity index (χ2n) is 6.65. The van der Waals surface area contributed by atoms with Crippen molar-refractivity contribution >= 4 is 48.9 Å². The molecule has 1 N–H and O–H groups in total. The number of nitrogens with zero attached hydrogens (tertiary/aromatic N) is 2. The first-order valence-electron chi connectivity index (χ1n) is 8.95. The standard InChI is InChI=1S/C19H19N3O5S2/c1-3-21-14-9-8-12(10-17(14)28-19(21)24)20-18(23)16-11-22(29(2,25)26)13-6-4-5-7-15(13)27-16/h4-10,16H,3,11H2,1-2H3,(H,20,23)/t16-/m1/s1. The molecule has 2 aromatic carbocycles. The van der Waals surface area contributed by atoms with Crippen molar-refractivity contribution < 1.29 is 17.9 Å². The van der Waals surface area contributed by atoms with E-state index in [2.05, 4.69) is 5.32 Å². The Morgan fingerprint density at radius 2 is 2.03 bits per heavy atom. The van der Waals surface area contributed by atoms with Gasteiger partial charge in [-0.15, -0.1) is 0 Å². The summed E-state index contributed by atoms with van der Waals surface area (Å²) in [5.41, 5.74) is 1.73. The van der Waals surface area contributed by atoms with Gasteiger partial charge in [0, 0.05) is 12.2 Å². The van der Waals surface area contributed by atoms with E-state index in [-0.39, 0.29) is 11.4 Å². The van der Waals surface area contributed by atoms with Crippen molar-refractivity contribution in [2.24, 2.45) is 0 Å². The summed E-state index contributed by atoms with van der Waals surface area (Å²) in [5, 5.41) is 2.76. The van der Waals surface area contributed by atoms with E-state index < -0.39 is 22.0 Å². The van der Waals surface area contributed by atoms with E-state index in [4.69, 9.17) is 4.74 Å². The molecule has 152 valence electrons. The van der Waals surface area contributed by atoms with Gasteiger partial charge in [-0.2, -0.15) is 0 Å². The number of hydrogen-bond acceptors (Lipinski definition) is 6. The van der Waals surface area contributed by atoms with E-state index in [0.29, 0.717) is 23.7 Å². The second kappa shape index (κ2) is 7.20. The third kappa shape index (κ3) is 3.60. The molecule has 10 heteroatoms. The van der Waals surface area contributed by atoms with Crippen LogP contribution in [0.1, 0.15) is 6.92 Å². The zero-order chi connectivity index (χ0) is 20.8. The summed E-state index contributed by atoms with van der Waals surface area (Å²) in [6.45, 7) is 2.35. The second-order valence-corrected chi connectivity index (χ2v) is 9.55. The molecular formula is C19H19N3O5S2. The fourth-order valence-electron chi connectivity index (χ4n) is 3.32. The fraction of sp³-hybridized carbons (Fsp3) is 0.263. The van der Waals surface area contributed by atoms with Crippen LogP contribution in [0.25, 0.3) is 10.2 Å². The first-order chi connectivity index (χ1) is 13.8. The normalized spacial score (nSPS) is 16.3. The van der Waals surface area contributed by atoms with Gasteiger partial charge in [0.05, 0.1) is 28.7 Å². The molecule has 1 amide bonds. The highest BCUT2D eigenvalue weighted by Crippen LogP contribution is 2.35. The topological polar surface area (TPSA) is 97.7 Å². The minimum Gasteiger partial charge on any atom is -0.476 e. The molecule has 8 nitrogen and oxygen atoms in total. The Kier molecular flexibility index (Phi) is 4.83. The van der Waals surface area contributed by atoms with E-state index >= 15 is 0 Å². The number of para-hydroxylation sites is 2. The number of hydrogen-bond donors (Lipinski definition) is 1. The summed E-state index contributed by atoms with van der Waals surface area (Å²) in [5.74, 6) is -0.132. The van der Waals surface area contributed by atoms with E-state index in [1.807, 2.05) is 6.92 Å². The van der Waals surface area contributed by atoms with Crippen LogP contribution >= 0.6 is 11.3 Å². The lowest BCUT2D eigenvalue weighted by atomic mass is 10.2. The number of benzene rings is 2. The third-order valence-corrected chi connectivity index (χ3v) is 6.77. The van der Waals surface area contributed by atoms with Crippen LogP contribution in [0.3, 0.4) is 0 Å². The molecule has 0 saturated heterocycles. The number of thiazole rings is 1. The summed E-state index contributed by atoms with van der Waals surface area (Å²) in [7, 11) is -3.57. The number of anilines is 2. The van der Waals surface area contributed by atoms with E-state index in [1.165, 1.54) is 4.31 Å². The first-order valence-corrected chi connectivity index (χ1v) is 11.6. The monoisotopic (exact) mass is 433 g/mol. The molecule has 0 bridgehead atoms. The van der Waals surface area contributed by atoms with Crippen molar-refractivity contribution in [3.8, 4) is 5.75 Å². The maximum Gasteiger partial charge on any atom is 0.308 e. The molecule has 1 aromatic heterocycles. The summed E-state index contributed by atoms with van der Waals surface area (Å²) in [4.78, 5) is 24.7. The van der Waals surface area contributed by atoms with Gasteiger partial charge in [-0.05, 0) is 37.3 Å². The number of ether oxygens (including phenoxy) is 1. The van der Waals surface area contributed by atoms with Crippen molar-refractivity contribution in [1.29, 1.82) is 0 Å². The van der Waals surface area contributed by atoms with Gasteiger partial charge in [-0.3, -0.25) is 18.5 Å². The minimum atomic E-state index is -3.57. The number of nitrogens with one attached hydrogen (secondary N) is 1. The Bertz CT molecular complexity index is 1260. The summed E-state index contributed by atoms with van der Waals surface area (Å²) < 4.78 is 33.7. The molecule has 4 rings (SSSR count). The quantitative estimate of drug-likeness (QED) is 0.681. The Morgan fingerprint density at radius 1 is 1.28 bits per heavy atom. The number of aryl methyl sites for hydroxylation is 1. The van der Waals surface area contributed by atoms with Crippen molar-refractivity contribution in [3.63, 3.8) is 0 Å². The van der Waals surface area contributed by atoms with Crippen LogP contribution in [-0.4, -0.2) is 37.8 Å². The highest BCUT2D eigenvalue weighted by Gasteiger charge is 2.34. The number of carbonyl (C=O) groups is 1. The highest BCUT2D eigenvalue weighted by molar-refractivity contribution is 7.92. The van der Waals surface area contributed by atoms with E-state index in [9.17, 15) is 18.0 Å². The van der Waals surface area contributed by atoms with Gasteiger partial charge in [0.1, 0.15) is 5.75 Å². The SMILES string of the molecule is CCn1c(=O)sc2cc(NC(=O)[C@H]3CN(S(C)(=O)=O)c4ccccc4O3)ccc21. The minimum absolute atomic E-state index is 0.0537. The van der Waals surface area contributed by atoms with Gasteiger partial charge in [0.15, 0.2) is 6.10 Å². The molecule has 0 saturated carbocycles. The lowest BCUT2D eigenvalue weighted by Gasteiger charge is -2.33. The maximum absolute atomic E-state index is 12.8. The molecule has 2 heterocycles. The molecule has 0 fully saturated rings. The van der Waals surface area contributed by atoms with Crippen molar-refractivity contribution in [3.05, 3.63) is 52.1 Å². The molecular weight excluding hydrogens is 414 g/mol. The summed E-state index contributed by atoms with van der Waals surface area (Å²) in [6.07, 6.45) is 0.0902. The molecule has 0 aliphatic carbocycles. The van der Waals surface area contributed by atoms with Gasteiger partial charge >= 0.3 is 4.87 Å². The number of sulfonamides is 1. The van der Waals surface area contributed by atoms with Crippen LogP contribution < -0.4 is 19.2 Å². The summed E-state index contributed by atoms with van der Waals surface area (Å²) >= 11 is 1.11. The Morgan fingerprint density at radius 3 is 2.76 bits per heavy atom. The van der Waals surface area contributed by atoms with Crippen LogP contribution in [0.4, 0.5) is 11.4 Å². The zero-order valence-corrected chi connectivity index (χ0v) is 17.4. The van der Waals surface area contributed by atoms with Crippen molar-refractivity contribution in [2.45, 2.75) is 19.6 Å². The van der Waals surface area contributed by atoms with E-state index in [1.54, 1.807) is 47.0 Å². The molecule has 0 spiro atoms. The molecule has 29 heavy (non-hydrogen) atoms. The van der Waals surface area contributed by atoms with Gasteiger partial charge < -0.3 is 10.1 Å². The predicted octanol–water partition coefficient (Wildman–Crippen LogP) is 2.25. The first kappa shape index (κ1) is 19.5. The average molecular weight is 434 g/mol. The Labute approximate surface area is 171 Å². The molecule has 1 atom stereocenters. The molecule has 1 aliphatic rings. The van der Waals surface area contributed by atoms with Gasteiger partial charge in [-0.25, -0.2) is 8.42 Å². The van der Waals surface area contributed by atoms with Crippen LogP contribution in [-0.2, 0) is 21.4 Å². The highest BCUT2D eigenvalue weighted by atomic mass is 32.2. The zero-order valence-electron chi connectivity index (χ0n) is 15.8. The number of rotatable bonds is 4. The van der Waals surface area contributed by atoms with Crippen molar-refractivity contribution in [1.82, 2.24) is 4.57 Å². The van der Waals surface area contributed by atoms with Gasteiger partial charge in [0.2, 0.25) is 10.0 Å². The van der Waals surface area contributed by atoms with Crippen LogP contribution in [0.5, 0.6) is 5.75 Å². The average Bonchev–Trinajstić information content (AvgIpc) is 3.00. The smallest absolute Gasteiger partial charge is 0.308 e. The lowest BCUT2D eigenvalue weighted by molar-refractivity contribution is -0.122. The van der Waals surface area contributed by atoms with Gasteiger partial charge in [0.25, 0.3) is 5.91 Å². The van der Waals surface area contributed by atoms with Gasteiger partial charge in [-0.1, -0.05) is 23.5 Å². The molecule has 1 aliphatic heterocycles. The Balaban J connectivity index is 1.60. The number of aromatic nitrogens is 1. The van der Waals surface area contributed by atoms with Crippen LogP contribution in [0.15, 0.2) is 47.3 Å². The van der Waals surface area contributed by atoms with Crippen molar-refractivity contribution in [2.75, 3.05) is 22.4 Å². The van der Waals surface area contributed by atoms with E-state index in [0.717, 1.165) is 27.8 Å². The van der Waals surface area contributed by atoms with Crippen LogP contribution in [0.2, 0.25) is 0 Å². The number of carbonyl (C=O) groups excluding carboxylic acids is 1. The van der Waals surface area contributed by atoms with Crippen LogP contribution in [0, 0.1) is 0 Å². The Hall–Kier alpha value is -2.85. The number of amides is 1.